The largest absolute Gasteiger partial charge is 0.383 e. The van der Waals surface area contributed by atoms with Gasteiger partial charge in [-0.2, -0.15) is 5.10 Å². The van der Waals surface area contributed by atoms with Crippen molar-refractivity contribution in [1.82, 2.24) is 29.0 Å². The standard InChI is InChI=1S/C23H27N7O2S/c24-22-20-21(17-1-4-19-16(13-17)5-9-25-19)28-30(23(20)27-14-26-22)12-8-15-6-10-29(11-7-15)33(31,32)18-2-3-18/h1,4-5,9,13-15,18,25H,2-3,6-8,10-12H2,(H2,24,26,27). The number of rotatable bonds is 6. The number of nitrogens with zero attached hydrogens (tertiary/aromatic N) is 5. The number of hydrogen-bond acceptors (Lipinski definition) is 6. The molecule has 2 aliphatic rings. The van der Waals surface area contributed by atoms with Crippen molar-refractivity contribution in [3.05, 3.63) is 36.8 Å². The fourth-order valence-electron chi connectivity index (χ4n) is 4.92. The van der Waals surface area contributed by atoms with Gasteiger partial charge in [-0.1, -0.05) is 6.07 Å². The number of hydrogen-bond donors (Lipinski definition) is 2. The van der Waals surface area contributed by atoms with Crippen LogP contribution in [0.15, 0.2) is 36.8 Å². The molecule has 0 atom stereocenters. The number of piperidine rings is 1. The fraction of sp³-hybridized carbons (Fsp3) is 0.435. The minimum Gasteiger partial charge on any atom is -0.383 e. The summed E-state index contributed by atoms with van der Waals surface area (Å²) in [4.78, 5) is 11.9. The number of aryl methyl sites for hydroxylation is 1. The van der Waals surface area contributed by atoms with Crippen LogP contribution in [0.4, 0.5) is 5.82 Å². The number of nitrogens with one attached hydrogen (secondary N) is 1. The molecule has 0 radical (unpaired) electrons. The average Bonchev–Trinajstić information content (AvgIpc) is 3.48. The van der Waals surface area contributed by atoms with E-state index in [0.717, 1.165) is 65.3 Å². The topological polar surface area (TPSA) is 123 Å². The number of nitrogen functional groups attached to an aromatic ring is 1. The molecule has 2 fully saturated rings. The van der Waals surface area contributed by atoms with Crippen LogP contribution in [0.1, 0.15) is 32.1 Å². The molecule has 4 heterocycles. The van der Waals surface area contributed by atoms with Crippen molar-refractivity contribution in [3.63, 3.8) is 0 Å². The second-order valence-corrected chi connectivity index (χ2v) is 11.4. The highest BCUT2D eigenvalue weighted by Crippen LogP contribution is 2.35. The molecule has 172 valence electrons. The van der Waals surface area contributed by atoms with E-state index >= 15 is 0 Å². The van der Waals surface area contributed by atoms with Crippen molar-refractivity contribution in [2.75, 3.05) is 18.8 Å². The van der Waals surface area contributed by atoms with E-state index in [2.05, 4.69) is 21.0 Å². The monoisotopic (exact) mass is 465 g/mol. The number of aromatic amines is 1. The molecule has 0 amide bonds. The fourth-order valence-corrected chi connectivity index (χ4v) is 6.80. The molecule has 1 aliphatic heterocycles. The first-order valence-electron chi connectivity index (χ1n) is 11.5. The number of nitrogens with two attached hydrogens (primary N) is 1. The van der Waals surface area contributed by atoms with Gasteiger partial charge in [0.25, 0.3) is 0 Å². The van der Waals surface area contributed by atoms with Gasteiger partial charge in [0, 0.05) is 42.3 Å². The summed E-state index contributed by atoms with van der Waals surface area (Å²) in [7, 11) is -3.07. The summed E-state index contributed by atoms with van der Waals surface area (Å²) in [6.07, 6.45) is 7.74. The Bertz CT molecular complexity index is 1430. The molecule has 1 aromatic carbocycles. The van der Waals surface area contributed by atoms with Crippen LogP contribution in [-0.4, -0.2) is 55.8 Å². The first-order chi connectivity index (χ1) is 16.0. The highest BCUT2D eigenvalue weighted by atomic mass is 32.2. The maximum atomic E-state index is 12.5. The number of sulfonamides is 1. The van der Waals surface area contributed by atoms with E-state index in [0.29, 0.717) is 31.4 Å². The van der Waals surface area contributed by atoms with Gasteiger partial charge in [0.1, 0.15) is 17.8 Å². The lowest BCUT2D eigenvalue weighted by molar-refractivity contribution is 0.254. The lowest BCUT2D eigenvalue weighted by Crippen LogP contribution is -2.40. The van der Waals surface area contributed by atoms with E-state index in [1.807, 2.05) is 29.1 Å². The highest BCUT2D eigenvalue weighted by molar-refractivity contribution is 7.90. The van der Waals surface area contributed by atoms with Crippen molar-refractivity contribution >= 4 is 37.8 Å². The molecule has 1 saturated carbocycles. The van der Waals surface area contributed by atoms with Crippen LogP contribution in [0, 0.1) is 5.92 Å². The van der Waals surface area contributed by atoms with Crippen molar-refractivity contribution in [2.45, 2.75) is 43.9 Å². The zero-order valence-electron chi connectivity index (χ0n) is 18.3. The van der Waals surface area contributed by atoms with Crippen LogP contribution in [0.3, 0.4) is 0 Å². The van der Waals surface area contributed by atoms with Gasteiger partial charge in [-0.05, 0) is 56.2 Å². The predicted molar refractivity (Wildman–Crippen MR) is 128 cm³/mol. The Kier molecular flexibility index (Phi) is 4.88. The minimum atomic E-state index is -3.07. The van der Waals surface area contributed by atoms with Gasteiger partial charge in [0.05, 0.1) is 10.6 Å². The van der Waals surface area contributed by atoms with E-state index in [9.17, 15) is 8.42 Å². The van der Waals surface area contributed by atoms with Crippen molar-refractivity contribution in [3.8, 4) is 11.3 Å². The van der Waals surface area contributed by atoms with Crippen molar-refractivity contribution < 1.29 is 8.42 Å². The molecule has 0 bridgehead atoms. The van der Waals surface area contributed by atoms with Gasteiger partial charge in [0.2, 0.25) is 10.0 Å². The predicted octanol–water partition coefficient (Wildman–Crippen LogP) is 3.15. The number of benzene rings is 1. The molecule has 0 spiro atoms. The highest BCUT2D eigenvalue weighted by Gasteiger charge is 2.41. The molecular formula is C23H27N7O2S. The maximum absolute atomic E-state index is 12.5. The first-order valence-corrected chi connectivity index (χ1v) is 13.0. The Morgan fingerprint density at radius 2 is 1.91 bits per heavy atom. The Balaban J connectivity index is 1.23. The van der Waals surface area contributed by atoms with Crippen LogP contribution in [-0.2, 0) is 16.6 Å². The molecule has 1 aliphatic carbocycles. The number of aromatic nitrogens is 5. The molecule has 6 rings (SSSR count). The Morgan fingerprint density at radius 1 is 1.09 bits per heavy atom. The van der Waals surface area contributed by atoms with E-state index < -0.39 is 10.0 Å². The Morgan fingerprint density at radius 3 is 2.70 bits per heavy atom. The van der Waals surface area contributed by atoms with Gasteiger partial charge in [0.15, 0.2) is 5.65 Å². The summed E-state index contributed by atoms with van der Waals surface area (Å²) < 4.78 is 28.6. The summed E-state index contributed by atoms with van der Waals surface area (Å²) in [6.45, 7) is 1.96. The molecule has 33 heavy (non-hydrogen) atoms. The first kappa shape index (κ1) is 20.6. The Hall–Kier alpha value is -2.98. The van der Waals surface area contributed by atoms with E-state index in [1.165, 1.54) is 6.33 Å². The van der Waals surface area contributed by atoms with Crippen LogP contribution in [0.2, 0.25) is 0 Å². The third-order valence-corrected chi connectivity index (χ3v) is 9.41. The van der Waals surface area contributed by atoms with Crippen molar-refractivity contribution in [2.24, 2.45) is 5.92 Å². The molecular weight excluding hydrogens is 438 g/mol. The van der Waals surface area contributed by atoms with Crippen LogP contribution < -0.4 is 5.73 Å². The zero-order chi connectivity index (χ0) is 22.6. The van der Waals surface area contributed by atoms with Crippen LogP contribution in [0.25, 0.3) is 33.2 Å². The lowest BCUT2D eigenvalue weighted by atomic mass is 9.95. The second-order valence-electron chi connectivity index (χ2n) is 9.18. The van der Waals surface area contributed by atoms with E-state index in [-0.39, 0.29) is 5.25 Å². The van der Waals surface area contributed by atoms with E-state index in [1.54, 1.807) is 4.31 Å². The van der Waals surface area contributed by atoms with Crippen LogP contribution >= 0.6 is 0 Å². The SMILES string of the molecule is Nc1ncnc2c1c(-c1ccc3[nH]ccc3c1)nn2CCC1CCN(S(=O)(=O)C2CC2)CC1. The molecule has 3 N–H and O–H groups in total. The number of anilines is 1. The van der Waals surface area contributed by atoms with Gasteiger partial charge < -0.3 is 10.7 Å². The molecule has 1 saturated heterocycles. The zero-order valence-corrected chi connectivity index (χ0v) is 19.1. The number of fused-ring (bicyclic) bond motifs is 2. The third kappa shape index (κ3) is 3.67. The van der Waals surface area contributed by atoms with Crippen LogP contribution in [0.5, 0.6) is 0 Å². The summed E-state index contributed by atoms with van der Waals surface area (Å²) in [5.74, 6) is 0.891. The summed E-state index contributed by atoms with van der Waals surface area (Å²) in [6, 6.07) is 8.21. The van der Waals surface area contributed by atoms with Gasteiger partial charge in [-0.15, -0.1) is 0 Å². The third-order valence-electron chi connectivity index (χ3n) is 7.01. The summed E-state index contributed by atoms with van der Waals surface area (Å²) in [5.41, 5.74) is 9.83. The van der Waals surface area contributed by atoms with E-state index in [4.69, 9.17) is 10.8 Å². The number of H-pyrrole nitrogens is 1. The van der Waals surface area contributed by atoms with Gasteiger partial charge in [-0.3, -0.25) is 0 Å². The summed E-state index contributed by atoms with van der Waals surface area (Å²) >= 11 is 0. The lowest BCUT2D eigenvalue weighted by Gasteiger charge is -2.31. The normalized spacial score (nSPS) is 18.4. The smallest absolute Gasteiger partial charge is 0.216 e. The molecule has 0 unspecified atom stereocenters. The average molecular weight is 466 g/mol. The molecule has 9 nitrogen and oxygen atoms in total. The van der Waals surface area contributed by atoms with Gasteiger partial charge in [-0.25, -0.2) is 27.4 Å². The van der Waals surface area contributed by atoms with Gasteiger partial charge >= 0.3 is 0 Å². The maximum Gasteiger partial charge on any atom is 0.216 e. The minimum absolute atomic E-state index is 0.126. The molecule has 10 heteroatoms. The molecule has 4 aromatic rings. The quantitative estimate of drug-likeness (QED) is 0.451. The molecule has 3 aromatic heterocycles. The second kappa shape index (κ2) is 7.81. The Labute approximate surface area is 192 Å². The van der Waals surface area contributed by atoms with Crippen molar-refractivity contribution in [1.29, 1.82) is 0 Å². The summed E-state index contributed by atoms with van der Waals surface area (Å²) in [5, 5.41) is 6.66.